The molecule has 0 aromatic heterocycles. The molecule has 3 nitrogen and oxygen atoms in total. The largest absolute Gasteiger partial charge is 0.497 e. The minimum Gasteiger partial charge on any atom is -0.497 e. The van der Waals surface area contributed by atoms with Crippen molar-refractivity contribution < 1.29 is 14.6 Å². The van der Waals surface area contributed by atoms with Gasteiger partial charge in [0, 0.05) is 31.0 Å². The normalized spacial score (nSPS) is 19.0. The van der Waals surface area contributed by atoms with E-state index in [1.54, 1.807) is 18.9 Å². The molecule has 0 radical (unpaired) electrons. The standard InChI is InChI=1S/C13H18O3S/c1-15-11-7-10(8-12(9-11)17-2)13(14)3-5-16-6-4-13/h7-9,14H,3-6H2,1-2H3. The van der Waals surface area contributed by atoms with Gasteiger partial charge in [0.25, 0.3) is 0 Å². The maximum Gasteiger partial charge on any atom is 0.120 e. The van der Waals surface area contributed by atoms with E-state index in [9.17, 15) is 5.11 Å². The van der Waals surface area contributed by atoms with Gasteiger partial charge in [0.15, 0.2) is 0 Å². The predicted octanol–water partition coefficient (Wildman–Crippen LogP) is 2.42. The Morgan fingerprint density at radius 2 is 2.00 bits per heavy atom. The monoisotopic (exact) mass is 254 g/mol. The summed E-state index contributed by atoms with van der Waals surface area (Å²) in [5, 5.41) is 10.6. The highest BCUT2D eigenvalue weighted by molar-refractivity contribution is 7.98. The molecule has 94 valence electrons. The number of benzene rings is 1. The summed E-state index contributed by atoms with van der Waals surface area (Å²) in [5.41, 5.74) is 0.168. The maximum atomic E-state index is 10.6. The molecule has 0 amide bonds. The summed E-state index contributed by atoms with van der Waals surface area (Å²) >= 11 is 1.65. The molecule has 0 unspecified atom stereocenters. The number of thioether (sulfide) groups is 1. The predicted molar refractivity (Wildman–Crippen MR) is 68.7 cm³/mol. The molecule has 17 heavy (non-hydrogen) atoms. The van der Waals surface area contributed by atoms with Crippen molar-refractivity contribution in [2.45, 2.75) is 23.3 Å². The minimum absolute atomic E-state index is 0.613. The number of methoxy groups -OCH3 is 1. The van der Waals surface area contributed by atoms with Gasteiger partial charge in [0.1, 0.15) is 5.75 Å². The summed E-state index contributed by atoms with van der Waals surface area (Å²) in [7, 11) is 1.65. The van der Waals surface area contributed by atoms with Crippen LogP contribution in [0.1, 0.15) is 18.4 Å². The Bertz CT molecular complexity index is 364. The van der Waals surface area contributed by atoms with E-state index in [-0.39, 0.29) is 0 Å². The van der Waals surface area contributed by atoms with E-state index in [1.165, 1.54) is 0 Å². The Kier molecular flexibility index (Phi) is 3.97. The second kappa shape index (κ2) is 5.29. The molecule has 1 heterocycles. The Balaban J connectivity index is 2.35. The molecule has 1 saturated heterocycles. The first-order chi connectivity index (χ1) is 8.18. The van der Waals surface area contributed by atoms with E-state index >= 15 is 0 Å². The third-order valence-corrected chi connectivity index (χ3v) is 3.92. The minimum atomic E-state index is -0.767. The first kappa shape index (κ1) is 12.7. The maximum absolute atomic E-state index is 10.6. The molecular weight excluding hydrogens is 236 g/mol. The summed E-state index contributed by atoms with van der Waals surface area (Å²) in [6, 6.07) is 5.94. The molecule has 1 aliphatic heterocycles. The van der Waals surface area contributed by atoms with Crippen molar-refractivity contribution in [1.29, 1.82) is 0 Å². The van der Waals surface area contributed by atoms with Gasteiger partial charge >= 0.3 is 0 Å². The average Bonchev–Trinajstić information content (AvgIpc) is 2.39. The molecule has 2 rings (SSSR count). The number of aliphatic hydroxyl groups is 1. The van der Waals surface area contributed by atoms with Gasteiger partial charge in [-0.15, -0.1) is 11.8 Å². The van der Waals surface area contributed by atoms with Gasteiger partial charge in [-0.25, -0.2) is 0 Å². The first-order valence-corrected chi connectivity index (χ1v) is 6.94. The van der Waals surface area contributed by atoms with Crippen molar-refractivity contribution in [3.8, 4) is 5.75 Å². The van der Waals surface area contributed by atoms with Crippen LogP contribution in [0.2, 0.25) is 0 Å². The van der Waals surface area contributed by atoms with Crippen molar-refractivity contribution in [3.63, 3.8) is 0 Å². The van der Waals surface area contributed by atoms with Gasteiger partial charge in [0.2, 0.25) is 0 Å². The highest BCUT2D eigenvalue weighted by atomic mass is 32.2. The second-order valence-corrected chi connectivity index (χ2v) is 5.12. The van der Waals surface area contributed by atoms with Gasteiger partial charge in [-0.05, 0) is 30.0 Å². The third kappa shape index (κ3) is 2.76. The summed E-state index contributed by atoms with van der Waals surface area (Å²) < 4.78 is 10.6. The molecule has 4 heteroatoms. The Morgan fingerprint density at radius 3 is 2.59 bits per heavy atom. The van der Waals surface area contributed by atoms with Crippen molar-refractivity contribution in [2.24, 2.45) is 0 Å². The number of hydrogen-bond donors (Lipinski definition) is 1. The highest BCUT2D eigenvalue weighted by Gasteiger charge is 2.32. The molecule has 1 aliphatic rings. The molecule has 0 aliphatic carbocycles. The third-order valence-electron chi connectivity index (χ3n) is 3.21. The van der Waals surface area contributed by atoms with Gasteiger partial charge < -0.3 is 14.6 Å². The van der Waals surface area contributed by atoms with Gasteiger partial charge in [-0.1, -0.05) is 0 Å². The molecule has 1 N–H and O–H groups in total. The van der Waals surface area contributed by atoms with E-state index in [0.717, 1.165) is 16.2 Å². The van der Waals surface area contributed by atoms with E-state index in [1.807, 2.05) is 24.5 Å². The SMILES string of the molecule is COc1cc(SC)cc(C2(O)CCOCC2)c1. The van der Waals surface area contributed by atoms with Crippen LogP contribution in [0, 0.1) is 0 Å². The Labute approximate surface area is 106 Å². The lowest BCUT2D eigenvalue weighted by Crippen LogP contribution is -2.33. The van der Waals surface area contributed by atoms with E-state index < -0.39 is 5.60 Å². The Morgan fingerprint density at radius 1 is 1.29 bits per heavy atom. The number of rotatable bonds is 3. The fourth-order valence-corrected chi connectivity index (χ4v) is 2.55. The second-order valence-electron chi connectivity index (χ2n) is 4.25. The summed E-state index contributed by atoms with van der Waals surface area (Å²) in [5.74, 6) is 0.798. The summed E-state index contributed by atoms with van der Waals surface area (Å²) in [6.07, 6.45) is 3.31. The van der Waals surface area contributed by atoms with Crippen LogP contribution in [0.15, 0.2) is 23.1 Å². The van der Waals surface area contributed by atoms with Crippen LogP contribution >= 0.6 is 11.8 Å². The van der Waals surface area contributed by atoms with E-state index in [0.29, 0.717) is 26.1 Å². The van der Waals surface area contributed by atoms with E-state index in [4.69, 9.17) is 9.47 Å². The lowest BCUT2D eigenvalue weighted by molar-refractivity contribution is -0.0681. The van der Waals surface area contributed by atoms with Gasteiger partial charge in [-0.2, -0.15) is 0 Å². The smallest absolute Gasteiger partial charge is 0.120 e. The average molecular weight is 254 g/mol. The molecule has 0 spiro atoms. The first-order valence-electron chi connectivity index (χ1n) is 5.71. The number of hydrogen-bond acceptors (Lipinski definition) is 4. The van der Waals surface area contributed by atoms with Crippen LogP contribution in [-0.4, -0.2) is 31.7 Å². The van der Waals surface area contributed by atoms with Crippen molar-refractivity contribution in [2.75, 3.05) is 26.6 Å². The van der Waals surface area contributed by atoms with Crippen molar-refractivity contribution in [1.82, 2.24) is 0 Å². The molecule has 0 bridgehead atoms. The van der Waals surface area contributed by atoms with Crippen LogP contribution in [0.5, 0.6) is 5.75 Å². The van der Waals surface area contributed by atoms with Crippen LogP contribution in [0.4, 0.5) is 0 Å². The van der Waals surface area contributed by atoms with Crippen LogP contribution < -0.4 is 4.74 Å². The fraction of sp³-hybridized carbons (Fsp3) is 0.538. The topological polar surface area (TPSA) is 38.7 Å². The summed E-state index contributed by atoms with van der Waals surface area (Å²) in [4.78, 5) is 1.11. The zero-order chi connectivity index (χ0) is 12.3. The van der Waals surface area contributed by atoms with Gasteiger partial charge in [-0.3, -0.25) is 0 Å². The molecule has 0 atom stereocenters. The zero-order valence-electron chi connectivity index (χ0n) is 10.2. The number of ether oxygens (including phenoxy) is 2. The van der Waals surface area contributed by atoms with Crippen molar-refractivity contribution >= 4 is 11.8 Å². The van der Waals surface area contributed by atoms with Crippen LogP contribution in [-0.2, 0) is 10.3 Å². The van der Waals surface area contributed by atoms with Crippen LogP contribution in [0.3, 0.4) is 0 Å². The summed E-state index contributed by atoms with van der Waals surface area (Å²) in [6.45, 7) is 1.23. The molecule has 1 aromatic carbocycles. The fourth-order valence-electron chi connectivity index (χ4n) is 2.07. The Hall–Kier alpha value is -0.710. The van der Waals surface area contributed by atoms with Crippen molar-refractivity contribution in [3.05, 3.63) is 23.8 Å². The lowest BCUT2D eigenvalue weighted by atomic mass is 9.86. The molecule has 0 saturated carbocycles. The van der Waals surface area contributed by atoms with Gasteiger partial charge in [0.05, 0.1) is 12.7 Å². The molecule has 1 fully saturated rings. The highest BCUT2D eigenvalue weighted by Crippen LogP contribution is 2.36. The van der Waals surface area contributed by atoms with Crippen LogP contribution in [0.25, 0.3) is 0 Å². The van der Waals surface area contributed by atoms with E-state index in [2.05, 4.69) is 0 Å². The molecular formula is C13H18O3S. The lowest BCUT2D eigenvalue weighted by Gasteiger charge is -2.33. The molecule has 1 aromatic rings. The quantitative estimate of drug-likeness (QED) is 0.841. The zero-order valence-corrected chi connectivity index (χ0v) is 11.0.